The van der Waals surface area contributed by atoms with Crippen molar-refractivity contribution in [3.05, 3.63) is 53.3 Å². The van der Waals surface area contributed by atoms with E-state index in [9.17, 15) is 17.6 Å². The lowest BCUT2D eigenvalue weighted by Gasteiger charge is -2.29. The summed E-state index contributed by atoms with van der Waals surface area (Å²) in [7, 11) is 1.26. The summed E-state index contributed by atoms with van der Waals surface area (Å²) < 4.78 is 53.5. The maximum Gasteiger partial charge on any atom is 0.254 e. The molecule has 1 fully saturated rings. The van der Waals surface area contributed by atoms with Crippen molar-refractivity contribution in [3.63, 3.8) is 0 Å². The molecular formula is C21H24FNO6S. The normalized spacial score (nSPS) is 17.4. The zero-order valence-electron chi connectivity index (χ0n) is 17.1. The molecule has 0 aromatic heterocycles. The number of hydrogen-bond donors (Lipinski definition) is 0. The fourth-order valence-electron chi connectivity index (χ4n) is 3.57. The van der Waals surface area contributed by atoms with Gasteiger partial charge < -0.3 is 19.1 Å². The average molecular weight is 437 g/mol. The first kappa shape index (κ1) is 21.9. The molecule has 0 aliphatic carbocycles. The molecule has 162 valence electrons. The standard InChI is InChI=1S/C21H24FNO6S/c1-27-18-10-14(11-19(28-2)20(18)29-3)12-23(17-8-9-30(25,26)13-17)21(24)15-4-6-16(22)7-5-15/h4-7,10-11,17H,8-9,12-13H2,1-3H3. The van der Waals surface area contributed by atoms with Gasteiger partial charge in [-0.25, -0.2) is 12.8 Å². The molecule has 2 aromatic rings. The molecule has 0 N–H and O–H groups in total. The predicted molar refractivity (Wildman–Crippen MR) is 109 cm³/mol. The minimum atomic E-state index is -3.21. The first-order valence-corrected chi connectivity index (χ1v) is 11.2. The van der Waals surface area contributed by atoms with Crippen LogP contribution < -0.4 is 14.2 Å². The Kier molecular flexibility index (Phi) is 6.50. The second-order valence-corrected chi connectivity index (χ2v) is 9.26. The van der Waals surface area contributed by atoms with Gasteiger partial charge in [0.15, 0.2) is 21.3 Å². The molecular weight excluding hydrogens is 413 g/mol. The third-order valence-corrected chi connectivity index (χ3v) is 6.83. The Bertz CT molecular complexity index is 997. The lowest BCUT2D eigenvalue weighted by Crippen LogP contribution is -2.40. The zero-order valence-corrected chi connectivity index (χ0v) is 17.9. The van der Waals surface area contributed by atoms with Crippen molar-refractivity contribution in [1.29, 1.82) is 0 Å². The fraction of sp³-hybridized carbons (Fsp3) is 0.381. The smallest absolute Gasteiger partial charge is 0.254 e. The first-order chi connectivity index (χ1) is 14.3. The third kappa shape index (κ3) is 4.67. The van der Waals surface area contributed by atoms with Crippen molar-refractivity contribution in [2.24, 2.45) is 0 Å². The number of methoxy groups -OCH3 is 3. The lowest BCUT2D eigenvalue weighted by molar-refractivity contribution is 0.0680. The summed E-state index contributed by atoms with van der Waals surface area (Å²) in [6.45, 7) is 0.132. The van der Waals surface area contributed by atoms with Crippen molar-refractivity contribution < 1.29 is 31.8 Å². The highest BCUT2D eigenvalue weighted by Gasteiger charge is 2.35. The second-order valence-electron chi connectivity index (χ2n) is 7.03. The van der Waals surface area contributed by atoms with Gasteiger partial charge in [-0.1, -0.05) is 0 Å². The Balaban J connectivity index is 1.99. The van der Waals surface area contributed by atoms with E-state index in [1.54, 1.807) is 12.1 Å². The van der Waals surface area contributed by atoms with Crippen molar-refractivity contribution in [1.82, 2.24) is 4.90 Å². The quantitative estimate of drug-likeness (QED) is 0.663. The van der Waals surface area contributed by atoms with E-state index in [2.05, 4.69) is 0 Å². The van der Waals surface area contributed by atoms with Crippen LogP contribution in [-0.4, -0.2) is 58.1 Å². The predicted octanol–water partition coefficient (Wildman–Crippen LogP) is 2.68. The van der Waals surface area contributed by atoms with E-state index in [4.69, 9.17) is 14.2 Å². The fourth-order valence-corrected chi connectivity index (χ4v) is 5.30. The molecule has 1 heterocycles. The van der Waals surface area contributed by atoms with E-state index >= 15 is 0 Å². The summed E-state index contributed by atoms with van der Waals surface area (Å²) in [5.74, 6) is 0.380. The van der Waals surface area contributed by atoms with Crippen molar-refractivity contribution in [2.75, 3.05) is 32.8 Å². The number of benzene rings is 2. The van der Waals surface area contributed by atoms with Gasteiger partial charge in [0.05, 0.1) is 32.8 Å². The van der Waals surface area contributed by atoms with Crippen LogP contribution in [-0.2, 0) is 16.4 Å². The number of carbonyl (C=O) groups excluding carboxylic acids is 1. The van der Waals surface area contributed by atoms with Gasteiger partial charge in [-0.05, 0) is 48.4 Å². The molecule has 1 aliphatic heterocycles. The van der Waals surface area contributed by atoms with Gasteiger partial charge in [0, 0.05) is 18.2 Å². The van der Waals surface area contributed by atoms with Gasteiger partial charge in [0.25, 0.3) is 5.91 Å². The second kappa shape index (κ2) is 8.91. The van der Waals surface area contributed by atoms with E-state index in [1.165, 1.54) is 50.5 Å². The van der Waals surface area contributed by atoms with Gasteiger partial charge in [-0.3, -0.25) is 4.79 Å². The van der Waals surface area contributed by atoms with E-state index in [1.807, 2.05) is 0 Å². The van der Waals surface area contributed by atoms with E-state index in [0.29, 0.717) is 29.2 Å². The Hall–Kier alpha value is -2.81. The van der Waals surface area contributed by atoms with E-state index < -0.39 is 21.7 Å². The van der Waals surface area contributed by atoms with Crippen LogP contribution in [0.15, 0.2) is 36.4 Å². The zero-order chi connectivity index (χ0) is 21.9. The molecule has 0 bridgehead atoms. The molecule has 2 aromatic carbocycles. The van der Waals surface area contributed by atoms with Crippen LogP contribution in [0.3, 0.4) is 0 Å². The molecule has 30 heavy (non-hydrogen) atoms. The van der Waals surface area contributed by atoms with Gasteiger partial charge in [0.1, 0.15) is 5.82 Å². The highest BCUT2D eigenvalue weighted by molar-refractivity contribution is 7.91. The summed E-state index contributed by atoms with van der Waals surface area (Å²) in [5.41, 5.74) is 0.970. The molecule has 1 saturated heterocycles. The minimum Gasteiger partial charge on any atom is -0.493 e. The minimum absolute atomic E-state index is 0.0279. The highest BCUT2D eigenvalue weighted by Crippen LogP contribution is 2.39. The summed E-state index contributed by atoms with van der Waals surface area (Å²) >= 11 is 0. The summed E-state index contributed by atoms with van der Waals surface area (Å²) in [6, 6.07) is 8.15. The summed E-state index contributed by atoms with van der Waals surface area (Å²) in [6.07, 6.45) is 0.347. The first-order valence-electron chi connectivity index (χ1n) is 9.34. The molecule has 1 atom stereocenters. The lowest BCUT2D eigenvalue weighted by atomic mass is 10.1. The van der Waals surface area contributed by atoms with Crippen LogP contribution in [0.2, 0.25) is 0 Å². The molecule has 1 aliphatic rings. The Morgan fingerprint density at radius 3 is 2.13 bits per heavy atom. The van der Waals surface area contributed by atoms with Crippen molar-refractivity contribution in [2.45, 2.75) is 19.0 Å². The van der Waals surface area contributed by atoms with Crippen LogP contribution in [0.5, 0.6) is 17.2 Å². The van der Waals surface area contributed by atoms with Gasteiger partial charge >= 0.3 is 0 Å². The number of amides is 1. The number of ether oxygens (including phenoxy) is 3. The van der Waals surface area contributed by atoms with Crippen LogP contribution in [0.4, 0.5) is 4.39 Å². The van der Waals surface area contributed by atoms with Crippen LogP contribution in [0.1, 0.15) is 22.3 Å². The number of carbonyl (C=O) groups is 1. The van der Waals surface area contributed by atoms with Crippen molar-refractivity contribution in [3.8, 4) is 17.2 Å². The molecule has 3 rings (SSSR count). The van der Waals surface area contributed by atoms with Crippen LogP contribution in [0.25, 0.3) is 0 Å². The molecule has 0 radical (unpaired) electrons. The van der Waals surface area contributed by atoms with E-state index in [0.717, 1.165) is 0 Å². The topological polar surface area (TPSA) is 82.1 Å². The molecule has 7 nitrogen and oxygen atoms in total. The number of sulfone groups is 1. The molecule has 9 heteroatoms. The molecule has 1 amide bonds. The molecule has 0 saturated carbocycles. The maximum atomic E-state index is 13.3. The maximum absolute atomic E-state index is 13.3. The third-order valence-electron chi connectivity index (χ3n) is 5.08. The number of hydrogen-bond acceptors (Lipinski definition) is 6. The summed E-state index contributed by atoms with van der Waals surface area (Å²) in [5, 5.41) is 0. The SMILES string of the molecule is COc1cc(CN(C(=O)c2ccc(F)cc2)C2CCS(=O)(=O)C2)cc(OC)c1OC. The van der Waals surface area contributed by atoms with E-state index in [-0.39, 0.29) is 29.5 Å². The number of halogens is 1. The Morgan fingerprint density at radius 1 is 1.07 bits per heavy atom. The van der Waals surface area contributed by atoms with Gasteiger partial charge in [-0.15, -0.1) is 0 Å². The average Bonchev–Trinajstić information content (AvgIpc) is 3.10. The summed E-state index contributed by atoms with van der Waals surface area (Å²) in [4.78, 5) is 14.7. The van der Waals surface area contributed by atoms with Crippen LogP contribution in [0, 0.1) is 5.82 Å². The van der Waals surface area contributed by atoms with Gasteiger partial charge in [-0.2, -0.15) is 0 Å². The number of nitrogens with zero attached hydrogens (tertiary/aromatic N) is 1. The Morgan fingerprint density at radius 2 is 1.67 bits per heavy atom. The highest BCUT2D eigenvalue weighted by atomic mass is 32.2. The largest absolute Gasteiger partial charge is 0.493 e. The monoisotopic (exact) mass is 437 g/mol. The van der Waals surface area contributed by atoms with Crippen molar-refractivity contribution >= 4 is 15.7 Å². The van der Waals surface area contributed by atoms with Gasteiger partial charge in [0.2, 0.25) is 5.75 Å². The number of rotatable bonds is 7. The molecule has 1 unspecified atom stereocenters. The van der Waals surface area contributed by atoms with Crippen LogP contribution >= 0.6 is 0 Å². The molecule has 0 spiro atoms. The Labute approximate surface area is 175 Å².